The van der Waals surface area contributed by atoms with Crippen LogP contribution in [0.4, 0.5) is 4.39 Å². The van der Waals surface area contributed by atoms with Crippen LogP contribution in [0.1, 0.15) is 24.8 Å². The zero-order valence-electron chi connectivity index (χ0n) is 10.7. The summed E-state index contributed by atoms with van der Waals surface area (Å²) in [6.45, 7) is 4.91. The summed E-state index contributed by atoms with van der Waals surface area (Å²) >= 11 is 6.08. The summed E-state index contributed by atoms with van der Waals surface area (Å²) in [5, 5.41) is -0.870. The lowest BCUT2D eigenvalue weighted by Gasteiger charge is -2.22. The number of benzene rings is 1. The van der Waals surface area contributed by atoms with Crippen molar-refractivity contribution in [2.24, 2.45) is 0 Å². The predicted molar refractivity (Wildman–Crippen MR) is 69.5 cm³/mol. The first-order valence-corrected chi connectivity index (χ1v) is 6.25. The van der Waals surface area contributed by atoms with Gasteiger partial charge < -0.3 is 9.64 Å². The van der Waals surface area contributed by atoms with Crippen LogP contribution < -0.4 is 4.74 Å². The van der Waals surface area contributed by atoms with Crippen LogP contribution in [0.5, 0.6) is 5.75 Å². The van der Waals surface area contributed by atoms with Crippen LogP contribution in [0, 0.1) is 5.82 Å². The Labute approximate surface area is 111 Å². The minimum absolute atomic E-state index is 0.137. The molecule has 0 saturated carbocycles. The van der Waals surface area contributed by atoms with Gasteiger partial charge in [0.1, 0.15) is 5.38 Å². The standard InChI is InChI=1S/C13H17ClFNO2/c1-4-16(5-2)13(17)12(14)9-6-7-11(18-3)10(15)8-9/h6-8,12H,4-5H2,1-3H3. The number of carbonyl (C=O) groups excluding carboxylic acids is 1. The smallest absolute Gasteiger partial charge is 0.245 e. The van der Waals surface area contributed by atoms with Crippen molar-refractivity contribution in [3.05, 3.63) is 29.6 Å². The number of hydrogen-bond acceptors (Lipinski definition) is 2. The van der Waals surface area contributed by atoms with E-state index in [-0.39, 0.29) is 11.7 Å². The van der Waals surface area contributed by atoms with Crippen molar-refractivity contribution < 1.29 is 13.9 Å². The monoisotopic (exact) mass is 273 g/mol. The predicted octanol–water partition coefficient (Wildman–Crippen LogP) is 2.98. The zero-order valence-corrected chi connectivity index (χ0v) is 11.5. The second-order valence-electron chi connectivity index (χ2n) is 3.77. The second kappa shape index (κ2) is 6.59. The minimum atomic E-state index is -0.870. The van der Waals surface area contributed by atoms with Gasteiger partial charge in [-0.3, -0.25) is 4.79 Å². The van der Waals surface area contributed by atoms with Crippen molar-refractivity contribution in [1.29, 1.82) is 0 Å². The van der Waals surface area contributed by atoms with Crippen LogP contribution in [0.2, 0.25) is 0 Å². The number of hydrogen-bond donors (Lipinski definition) is 0. The van der Waals surface area contributed by atoms with Gasteiger partial charge in [0.25, 0.3) is 0 Å². The fraction of sp³-hybridized carbons (Fsp3) is 0.462. The number of rotatable bonds is 5. The molecule has 0 aliphatic heterocycles. The highest BCUT2D eigenvalue weighted by atomic mass is 35.5. The van der Waals surface area contributed by atoms with Gasteiger partial charge in [-0.25, -0.2) is 4.39 Å². The summed E-state index contributed by atoms with van der Waals surface area (Å²) in [6, 6.07) is 4.30. The normalized spacial score (nSPS) is 12.1. The Morgan fingerprint density at radius 1 is 1.44 bits per heavy atom. The van der Waals surface area contributed by atoms with E-state index in [0.717, 1.165) is 0 Å². The lowest BCUT2D eigenvalue weighted by Crippen LogP contribution is -2.33. The van der Waals surface area contributed by atoms with Crippen LogP contribution in [0.15, 0.2) is 18.2 Å². The number of methoxy groups -OCH3 is 1. The lowest BCUT2D eigenvalue weighted by molar-refractivity contribution is -0.130. The van der Waals surface area contributed by atoms with Crippen LogP contribution in [0.25, 0.3) is 0 Å². The quantitative estimate of drug-likeness (QED) is 0.772. The maximum Gasteiger partial charge on any atom is 0.245 e. The molecule has 0 spiro atoms. The Morgan fingerprint density at radius 3 is 2.50 bits per heavy atom. The first kappa shape index (κ1) is 14.8. The molecular weight excluding hydrogens is 257 g/mol. The summed E-state index contributed by atoms with van der Waals surface area (Å²) in [5.74, 6) is -0.600. The van der Waals surface area contributed by atoms with Crippen LogP contribution in [-0.2, 0) is 4.79 Å². The maximum atomic E-state index is 13.5. The first-order valence-electron chi connectivity index (χ1n) is 5.81. The summed E-state index contributed by atoms with van der Waals surface area (Å²) in [7, 11) is 1.39. The third kappa shape index (κ3) is 3.13. The fourth-order valence-corrected chi connectivity index (χ4v) is 1.95. The molecule has 18 heavy (non-hydrogen) atoms. The van der Waals surface area contributed by atoms with E-state index in [4.69, 9.17) is 16.3 Å². The number of alkyl halides is 1. The van der Waals surface area contributed by atoms with Gasteiger partial charge in [0.15, 0.2) is 11.6 Å². The molecule has 1 rings (SSSR count). The average molecular weight is 274 g/mol. The highest BCUT2D eigenvalue weighted by Crippen LogP contribution is 2.27. The molecule has 1 amide bonds. The summed E-state index contributed by atoms with van der Waals surface area (Å²) in [5.41, 5.74) is 0.437. The largest absolute Gasteiger partial charge is 0.494 e. The van der Waals surface area contributed by atoms with E-state index in [9.17, 15) is 9.18 Å². The van der Waals surface area contributed by atoms with Gasteiger partial charge in [-0.15, -0.1) is 11.6 Å². The molecule has 0 fully saturated rings. The topological polar surface area (TPSA) is 29.5 Å². The lowest BCUT2D eigenvalue weighted by atomic mass is 10.1. The van der Waals surface area contributed by atoms with Crippen molar-refractivity contribution in [3.8, 4) is 5.75 Å². The molecule has 0 saturated heterocycles. The van der Waals surface area contributed by atoms with Gasteiger partial charge in [0, 0.05) is 13.1 Å². The van der Waals surface area contributed by atoms with Gasteiger partial charge in [0.05, 0.1) is 7.11 Å². The highest BCUT2D eigenvalue weighted by molar-refractivity contribution is 6.30. The van der Waals surface area contributed by atoms with E-state index in [1.54, 1.807) is 11.0 Å². The zero-order chi connectivity index (χ0) is 13.7. The number of halogens is 2. The number of nitrogens with zero attached hydrogens (tertiary/aromatic N) is 1. The van der Waals surface area contributed by atoms with Gasteiger partial charge in [-0.2, -0.15) is 0 Å². The molecule has 0 aliphatic carbocycles. The summed E-state index contributed by atoms with van der Waals surface area (Å²) in [6.07, 6.45) is 0. The van der Waals surface area contributed by atoms with E-state index in [2.05, 4.69) is 0 Å². The molecule has 1 unspecified atom stereocenters. The van der Waals surface area contributed by atoms with Gasteiger partial charge in [-0.05, 0) is 31.5 Å². The molecule has 0 N–H and O–H groups in total. The molecule has 0 aliphatic rings. The number of carbonyl (C=O) groups is 1. The highest BCUT2D eigenvalue weighted by Gasteiger charge is 2.22. The molecule has 5 heteroatoms. The molecule has 100 valence electrons. The minimum Gasteiger partial charge on any atom is -0.494 e. The van der Waals surface area contributed by atoms with Gasteiger partial charge in [0.2, 0.25) is 5.91 Å². The molecular formula is C13H17ClFNO2. The third-order valence-electron chi connectivity index (χ3n) is 2.76. The number of amides is 1. The Hall–Kier alpha value is -1.29. The van der Waals surface area contributed by atoms with E-state index < -0.39 is 11.2 Å². The molecule has 1 atom stereocenters. The Bertz CT molecular complexity index is 421. The van der Waals surface area contributed by atoms with Crippen LogP contribution in [0.3, 0.4) is 0 Å². The number of ether oxygens (including phenoxy) is 1. The molecule has 0 bridgehead atoms. The van der Waals surface area contributed by atoms with Crippen LogP contribution >= 0.6 is 11.6 Å². The SMILES string of the molecule is CCN(CC)C(=O)C(Cl)c1ccc(OC)c(F)c1. The Morgan fingerprint density at radius 2 is 2.06 bits per heavy atom. The van der Waals surface area contributed by atoms with E-state index in [1.807, 2.05) is 13.8 Å². The third-order valence-corrected chi connectivity index (χ3v) is 3.20. The van der Waals surface area contributed by atoms with Gasteiger partial charge in [-0.1, -0.05) is 6.07 Å². The Balaban J connectivity index is 2.93. The average Bonchev–Trinajstić information content (AvgIpc) is 2.39. The molecule has 1 aromatic rings. The summed E-state index contributed by atoms with van der Waals surface area (Å²) < 4.78 is 18.3. The first-order chi connectivity index (χ1) is 8.54. The maximum absolute atomic E-state index is 13.5. The van der Waals surface area contributed by atoms with E-state index >= 15 is 0 Å². The van der Waals surface area contributed by atoms with Crippen LogP contribution in [-0.4, -0.2) is 31.0 Å². The fourth-order valence-electron chi connectivity index (χ4n) is 1.68. The second-order valence-corrected chi connectivity index (χ2v) is 4.20. The molecule has 0 aromatic heterocycles. The van der Waals surface area contributed by atoms with Gasteiger partial charge >= 0.3 is 0 Å². The van der Waals surface area contributed by atoms with Crippen molar-refractivity contribution in [3.63, 3.8) is 0 Å². The molecule has 3 nitrogen and oxygen atoms in total. The van der Waals surface area contributed by atoms with E-state index in [0.29, 0.717) is 18.7 Å². The summed E-state index contributed by atoms with van der Waals surface area (Å²) in [4.78, 5) is 13.6. The molecule has 0 radical (unpaired) electrons. The van der Waals surface area contributed by atoms with E-state index in [1.165, 1.54) is 19.2 Å². The van der Waals surface area contributed by atoms with Crippen molar-refractivity contribution in [2.75, 3.05) is 20.2 Å². The Kier molecular flexibility index (Phi) is 5.41. The van der Waals surface area contributed by atoms with Crippen molar-refractivity contribution in [2.45, 2.75) is 19.2 Å². The van der Waals surface area contributed by atoms with Crippen molar-refractivity contribution in [1.82, 2.24) is 4.90 Å². The van der Waals surface area contributed by atoms with Crippen molar-refractivity contribution >= 4 is 17.5 Å². The number of likely N-dealkylation sites (N-methyl/N-ethyl adjacent to an activating group) is 1. The molecule has 0 heterocycles. The molecule has 1 aromatic carbocycles.